The van der Waals surface area contributed by atoms with Crippen molar-refractivity contribution in [3.63, 3.8) is 0 Å². The molecule has 0 aliphatic heterocycles. The fourth-order valence-electron chi connectivity index (χ4n) is 0.342. The maximum atomic E-state index is 2.89. The fraction of sp³-hybridized carbons (Fsp3) is 0. The predicted octanol–water partition coefficient (Wildman–Crippen LogP) is 1.48. The molecule has 0 saturated heterocycles. The summed E-state index contributed by atoms with van der Waals surface area (Å²) in [7, 11) is 0. The Hall–Kier alpha value is -0.0917. The van der Waals surface area contributed by atoms with E-state index in [9.17, 15) is 0 Å². The monoisotopic (exact) mass is 175 g/mol. The molecule has 1 aromatic carbocycles. The third-order valence-electron chi connectivity index (χ3n) is 0.607. The second-order valence-electron chi connectivity index (χ2n) is 1.08. The zero-order valence-electron chi connectivity index (χ0n) is 3.79. The van der Waals surface area contributed by atoms with Gasteiger partial charge in [-0.3, -0.25) is 0 Å². The van der Waals surface area contributed by atoms with Gasteiger partial charge in [0.1, 0.15) is 0 Å². The average Bonchev–Trinajstić information content (AvgIpc) is 1.72. The van der Waals surface area contributed by atoms with Gasteiger partial charge in [0.25, 0.3) is 0 Å². The summed E-state index contributed by atoms with van der Waals surface area (Å²) in [5, 5.41) is 0. The summed E-state index contributed by atoms with van der Waals surface area (Å²) >= 11 is 0. The molecule has 0 amide bonds. The van der Waals surface area contributed by atoms with Crippen LogP contribution in [0.5, 0.6) is 0 Å². The van der Waals surface area contributed by atoms with E-state index in [1.165, 1.54) is 0 Å². The Morgan fingerprint density at radius 1 is 0.857 bits per heavy atom. The Morgan fingerprint density at radius 2 is 1.43 bits per heavy atom. The zero-order valence-corrected chi connectivity index (χ0v) is 5.80. The summed E-state index contributed by atoms with van der Waals surface area (Å²) in [6, 6.07) is 12.5. The van der Waals surface area contributed by atoms with Crippen molar-refractivity contribution in [2.24, 2.45) is 0 Å². The summed E-state index contributed by atoms with van der Waals surface area (Å²) in [4.78, 5) is 0. The van der Waals surface area contributed by atoms with Crippen LogP contribution in [0.1, 0.15) is 0 Å². The molecular formula is C6H5Mo-. The van der Waals surface area contributed by atoms with E-state index < -0.39 is 0 Å². The van der Waals surface area contributed by atoms with Gasteiger partial charge in [-0.25, -0.2) is 0 Å². The average molecular weight is 173 g/mol. The summed E-state index contributed by atoms with van der Waals surface area (Å²) in [6.07, 6.45) is 0. The quantitative estimate of drug-likeness (QED) is 0.411. The van der Waals surface area contributed by atoms with E-state index in [-0.39, 0.29) is 21.1 Å². The number of hydrogen-bond acceptors (Lipinski definition) is 0. The van der Waals surface area contributed by atoms with Crippen LogP contribution in [-0.4, -0.2) is 0 Å². The first kappa shape index (κ1) is 6.91. The van der Waals surface area contributed by atoms with Crippen molar-refractivity contribution in [3.8, 4) is 0 Å². The molecule has 0 aliphatic rings. The van der Waals surface area contributed by atoms with Gasteiger partial charge in [-0.15, -0.1) is 0 Å². The van der Waals surface area contributed by atoms with Crippen molar-refractivity contribution < 1.29 is 21.1 Å². The van der Waals surface area contributed by atoms with Crippen LogP contribution in [0.4, 0.5) is 0 Å². The molecule has 0 fully saturated rings. The van der Waals surface area contributed by atoms with E-state index in [2.05, 4.69) is 6.07 Å². The third kappa shape index (κ3) is 2.59. The van der Waals surface area contributed by atoms with Gasteiger partial charge >= 0.3 is 0 Å². The molecule has 0 radical (unpaired) electrons. The molecule has 0 heterocycles. The summed E-state index contributed by atoms with van der Waals surface area (Å²) in [6.45, 7) is 0. The molecule has 0 spiro atoms. The molecule has 1 rings (SSSR count). The van der Waals surface area contributed by atoms with Gasteiger partial charge in [-0.2, -0.15) is 36.4 Å². The number of hydrogen-bond donors (Lipinski definition) is 0. The van der Waals surface area contributed by atoms with Crippen molar-refractivity contribution in [2.75, 3.05) is 0 Å². The van der Waals surface area contributed by atoms with Crippen LogP contribution in [0, 0.1) is 6.07 Å². The van der Waals surface area contributed by atoms with E-state index in [0.717, 1.165) is 0 Å². The van der Waals surface area contributed by atoms with Crippen LogP contribution in [-0.2, 0) is 21.1 Å². The molecule has 1 aromatic rings. The first-order valence-electron chi connectivity index (χ1n) is 1.91. The Bertz CT molecular complexity index is 76.1. The van der Waals surface area contributed by atoms with Crippen LogP contribution in [0.3, 0.4) is 0 Å². The first-order valence-corrected chi connectivity index (χ1v) is 1.91. The van der Waals surface area contributed by atoms with Crippen LogP contribution in [0.15, 0.2) is 30.3 Å². The van der Waals surface area contributed by atoms with E-state index in [1.807, 2.05) is 30.3 Å². The van der Waals surface area contributed by atoms with Crippen molar-refractivity contribution >= 4 is 0 Å². The van der Waals surface area contributed by atoms with Gasteiger partial charge in [-0.05, 0) is 0 Å². The Labute approximate surface area is 57.8 Å². The molecule has 0 saturated carbocycles. The smallest absolute Gasteiger partial charge is 0 e. The summed E-state index contributed by atoms with van der Waals surface area (Å²) in [5.74, 6) is 0. The van der Waals surface area contributed by atoms with Gasteiger partial charge in [-0.1, -0.05) is 0 Å². The van der Waals surface area contributed by atoms with E-state index >= 15 is 0 Å². The minimum atomic E-state index is 0. The number of rotatable bonds is 0. The predicted molar refractivity (Wildman–Crippen MR) is 25.3 cm³/mol. The van der Waals surface area contributed by atoms with Crippen molar-refractivity contribution in [2.45, 2.75) is 0 Å². The topological polar surface area (TPSA) is 0 Å². The maximum absolute atomic E-state index is 2.89. The SMILES string of the molecule is [Mo].[c-]1ccccc1. The van der Waals surface area contributed by atoms with Crippen molar-refractivity contribution in [3.05, 3.63) is 36.4 Å². The summed E-state index contributed by atoms with van der Waals surface area (Å²) < 4.78 is 0. The normalized spacial score (nSPS) is 6.86. The molecule has 0 nitrogen and oxygen atoms in total. The second kappa shape index (κ2) is 4.08. The number of benzene rings is 1. The molecule has 36 valence electrons. The van der Waals surface area contributed by atoms with Crippen molar-refractivity contribution in [1.29, 1.82) is 0 Å². The molecule has 0 unspecified atom stereocenters. The van der Waals surface area contributed by atoms with E-state index in [4.69, 9.17) is 0 Å². The minimum Gasteiger partial charge on any atom is -0.184 e. The third-order valence-corrected chi connectivity index (χ3v) is 0.607. The van der Waals surface area contributed by atoms with E-state index in [0.29, 0.717) is 0 Å². The van der Waals surface area contributed by atoms with Crippen LogP contribution < -0.4 is 0 Å². The van der Waals surface area contributed by atoms with Gasteiger partial charge in [0.15, 0.2) is 0 Å². The molecule has 0 aliphatic carbocycles. The largest absolute Gasteiger partial charge is 0.184 e. The standard InChI is InChI=1S/C6H5.Mo/c1-2-4-6-5-3-1;/h1-5H;/q-1;. The second-order valence-corrected chi connectivity index (χ2v) is 1.08. The first-order chi connectivity index (χ1) is 3.00. The van der Waals surface area contributed by atoms with Gasteiger partial charge in [0, 0.05) is 21.1 Å². The molecule has 0 N–H and O–H groups in total. The Morgan fingerprint density at radius 3 is 1.57 bits per heavy atom. The Balaban J connectivity index is 0.000000360. The Kier molecular flexibility index (Phi) is 4.02. The van der Waals surface area contributed by atoms with Crippen LogP contribution in [0.25, 0.3) is 0 Å². The van der Waals surface area contributed by atoms with Crippen molar-refractivity contribution in [1.82, 2.24) is 0 Å². The van der Waals surface area contributed by atoms with Crippen LogP contribution >= 0.6 is 0 Å². The molecule has 0 atom stereocenters. The molecule has 1 heteroatoms. The van der Waals surface area contributed by atoms with Gasteiger partial charge in [0.05, 0.1) is 0 Å². The molecule has 7 heavy (non-hydrogen) atoms. The summed E-state index contributed by atoms with van der Waals surface area (Å²) in [5.41, 5.74) is 0. The molecular weight excluding hydrogens is 168 g/mol. The van der Waals surface area contributed by atoms with Crippen LogP contribution in [0.2, 0.25) is 0 Å². The molecule has 0 bridgehead atoms. The van der Waals surface area contributed by atoms with Gasteiger partial charge < -0.3 is 0 Å². The molecule has 0 aromatic heterocycles. The fourth-order valence-corrected chi connectivity index (χ4v) is 0.342. The van der Waals surface area contributed by atoms with E-state index in [1.54, 1.807) is 0 Å². The maximum Gasteiger partial charge on any atom is 0 e. The minimum absolute atomic E-state index is 0. The van der Waals surface area contributed by atoms with Gasteiger partial charge in [0.2, 0.25) is 0 Å². The zero-order chi connectivity index (χ0) is 4.24.